The zero-order chi connectivity index (χ0) is 30.3. The molecule has 238 valence electrons. The summed E-state index contributed by atoms with van der Waals surface area (Å²) in [5, 5.41) is 0. The topological polar surface area (TPSA) is 108 Å². The smallest absolute Gasteiger partial charge is 0.460 e. The van der Waals surface area contributed by atoms with E-state index in [2.05, 4.69) is 14.0 Å². The van der Waals surface area contributed by atoms with Crippen molar-refractivity contribution < 1.29 is 50.1 Å². The van der Waals surface area contributed by atoms with E-state index in [1.165, 1.54) is 0 Å². The number of rotatable bonds is 27. The Kier molecular flexibility index (Phi) is 23.2. The van der Waals surface area contributed by atoms with Crippen LogP contribution in [0.25, 0.3) is 0 Å². The molecule has 0 rings (SSSR count). The summed E-state index contributed by atoms with van der Waals surface area (Å²) in [7, 11) is 6.72. The Morgan fingerprint density at radius 2 is 0.975 bits per heavy atom. The molecule has 0 heterocycles. The van der Waals surface area contributed by atoms with Crippen LogP contribution in [0.1, 0.15) is 32.6 Å². The molecule has 0 aliphatic carbocycles. The van der Waals surface area contributed by atoms with Crippen molar-refractivity contribution in [2.45, 2.75) is 44.7 Å². The number of thioether (sulfide) groups is 2. The molecule has 0 saturated carbocycles. The molecular weight excluding hydrogens is 595 g/mol. The number of carbonyl (C=O) groups excluding carboxylic acids is 2. The van der Waals surface area contributed by atoms with Crippen LogP contribution >= 0.6 is 23.5 Å². The van der Waals surface area contributed by atoms with Crippen molar-refractivity contribution in [2.75, 3.05) is 106 Å². The van der Waals surface area contributed by atoms with Gasteiger partial charge in [-0.05, 0) is 31.3 Å². The van der Waals surface area contributed by atoms with Crippen LogP contribution in [0.2, 0.25) is 12.1 Å². The van der Waals surface area contributed by atoms with Gasteiger partial charge in [-0.25, -0.2) is 0 Å². The van der Waals surface area contributed by atoms with Gasteiger partial charge in [0.05, 0.1) is 26.4 Å². The summed E-state index contributed by atoms with van der Waals surface area (Å²) in [6, 6.07) is 1.49. The second-order valence-electron chi connectivity index (χ2n) is 9.35. The molecule has 40 heavy (non-hydrogen) atoms. The molecule has 0 N–H and O–H groups in total. The number of hydrogen-bond donors (Lipinski definition) is 0. The lowest BCUT2D eigenvalue weighted by molar-refractivity contribution is -0.908. The molecule has 11 nitrogen and oxygen atoms in total. The van der Waals surface area contributed by atoms with E-state index in [1.807, 2.05) is 0 Å². The van der Waals surface area contributed by atoms with Crippen LogP contribution in [-0.2, 0) is 45.6 Å². The van der Waals surface area contributed by atoms with Crippen molar-refractivity contribution in [3.8, 4) is 0 Å². The van der Waals surface area contributed by atoms with E-state index in [0.29, 0.717) is 55.1 Å². The minimum Gasteiger partial charge on any atom is -0.460 e. The molecule has 15 heteroatoms. The molecule has 0 aromatic rings. The van der Waals surface area contributed by atoms with Crippen LogP contribution in [0.5, 0.6) is 0 Å². The lowest BCUT2D eigenvalue weighted by atomic mass is 10.4. The molecule has 0 aliphatic heterocycles. The molecule has 0 aromatic carbocycles. The first-order valence-electron chi connectivity index (χ1n) is 13.7. The number of ether oxygens (including phenoxy) is 2. The number of esters is 2. The van der Waals surface area contributed by atoms with Gasteiger partial charge in [0.25, 0.3) is 0 Å². The highest BCUT2D eigenvalue weighted by molar-refractivity contribution is 7.99. The maximum absolute atomic E-state index is 12.1. The zero-order valence-electron chi connectivity index (χ0n) is 26.0. The Hall–Kier alpha value is -0.206. The number of nitrogens with zero attached hydrogens (tertiary/aromatic N) is 1. The molecule has 0 amide bonds. The largest absolute Gasteiger partial charge is 0.500 e. The molecule has 0 spiro atoms. The van der Waals surface area contributed by atoms with E-state index < -0.39 is 17.6 Å². The molecule has 0 radical (unpaired) electrons. The standard InChI is InChI=1S/C25H54NO10S2Si2/c1-9-26(2,14-16-35-24(27)12-20-37-18-10-22-39(29-3,30-4)31-5)15-17-36-25(28)13-21-38-19-11-23-40(32-6,33-7)34-8/h9-23H2,1-8H3/q+1. The normalized spacial score (nSPS) is 12.5. The van der Waals surface area contributed by atoms with Gasteiger partial charge in [-0.15, -0.1) is 0 Å². The molecule has 0 unspecified atom stereocenters. The molecular formula is C25H54NO10S2Si2+. The SMILES string of the molecule is CC[N+](C)(CCOC(=O)CCSCCC[Si](OC)(OC)OC)CCOC(=O)CCSCCC[Si](OC)(OC)OC. The van der Waals surface area contributed by atoms with Gasteiger partial charge in [0.2, 0.25) is 0 Å². The summed E-state index contributed by atoms with van der Waals surface area (Å²) in [4.78, 5) is 24.3. The first-order chi connectivity index (χ1) is 19.1. The van der Waals surface area contributed by atoms with Gasteiger partial charge in [-0.3, -0.25) is 9.59 Å². The second-order valence-corrected chi connectivity index (χ2v) is 18.0. The fourth-order valence-electron chi connectivity index (χ4n) is 3.74. The Morgan fingerprint density at radius 3 is 1.27 bits per heavy atom. The van der Waals surface area contributed by atoms with Crippen molar-refractivity contribution in [3.05, 3.63) is 0 Å². The van der Waals surface area contributed by atoms with Gasteiger partial charge in [-0.1, -0.05) is 0 Å². The first-order valence-corrected chi connectivity index (χ1v) is 19.9. The van der Waals surface area contributed by atoms with Crippen molar-refractivity contribution >= 4 is 53.1 Å². The van der Waals surface area contributed by atoms with Gasteiger partial charge in [0, 0.05) is 66.3 Å². The fraction of sp³-hybridized carbons (Fsp3) is 0.920. The quantitative estimate of drug-likeness (QED) is 0.0564. The minimum atomic E-state index is -2.52. The molecule has 0 aromatic heterocycles. The van der Waals surface area contributed by atoms with Gasteiger partial charge in [-0.2, -0.15) is 23.5 Å². The zero-order valence-corrected chi connectivity index (χ0v) is 29.6. The third kappa shape index (κ3) is 17.0. The van der Waals surface area contributed by atoms with Gasteiger partial charge < -0.3 is 40.5 Å². The van der Waals surface area contributed by atoms with Crippen LogP contribution in [0.4, 0.5) is 0 Å². The molecule has 0 fully saturated rings. The van der Waals surface area contributed by atoms with Crippen molar-refractivity contribution in [2.24, 2.45) is 0 Å². The maximum Gasteiger partial charge on any atom is 0.500 e. The molecule has 0 atom stereocenters. The van der Waals surface area contributed by atoms with Crippen molar-refractivity contribution in [1.29, 1.82) is 0 Å². The summed E-state index contributed by atoms with van der Waals surface area (Å²) in [6.07, 6.45) is 2.56. The lowest BCUT2D eigenvalue weighted by Gasteiger charge is -2.32. The molecule has 0 aliphatic rings. The molecule has 0 bridgehead atoms. The van der Waals surface area contributed by atoms with E-state index in [4.69, 9.17) is 36.0 Å². The average Bonchev–Trinajstić information content (AvgIpc) is 2.97. The highest BCUT2D eigenvalue weighted by Gasteiger charge is 2.37. The summed E-state index contributed by atoms with van der Waals surface area (Å²) >= 11 is 3.42. The number of carbonyl (C=O) groups is 2. The number of hydrogen-bond acceptors (Lipinski definition) is 12. The predicted octanol–water partition coefficient (Wildman–Crippen LogP) is 3.32. The summed E-state index contributed by atoms with van der Waals surface area (Å²) < 4.78 is 44.1. The van der Waals surface area contributed by atoms with E-state index in [1.54, 1.807) is 66.2 Å². The van der Waals surface area contributed by atoms with E-state index in [-0.39, 0.29) is 11.9 Å². The van der Waals surface area contributed by atoms with Crippen LogP contribution in [0.3, 0.4) is 0 Å². The lowest BCUT2D eigenvalue weighted by Crippen LogP contribution is -2.48. The summed E-state index contributed by atoms with van der Waals surface area (Å²) in [5.74, 6) is 2.86. The van der Waals surface area contributed by atoms with Crippen LogP contribution < -0.4 is 0 Å². The third-order valence-corrected chi connectivity index (χ3v) is 14.7. The fourth-order valence-corrected chi connectivity index (χ4v) is 9.43. The van der Waals surface area contributed by atoms with Crippen molar-refractivity contribution in [1.82, 2.24) is 0 Å². The number of quaternary nitrogens is 1. The third-order valence-electron chi connectivity index (χ3n) is 6.86. The van der Waals surface area contributed by atoms with Gasteiger partial charge in [0.15, 0.2) is 0 Å². The van der Waals surface area contributed by atoms with Gasteiger partial charge in [0.1, 0.15) is 26.3 Å². The van der Waals surface area contributed by atoms with E-state index in [9.17, 15) is 9.59 Å². The highest BCUT2D eigenvalue weighted by Crippen LogP contribution is 2.19. The second kappa shape index (κ2) is 23.3. The average molecular weight is 649 g/mol. The van der Waals surface area contributed by atoms with Crippen molar-refractivity contribution in [3.63, 3.8) is 0 Å². The Bertz CT molecular complexity index is 607. The summed E-state index contributed by atoms with van der Waals surface area (Å²) in [5.41, 5.74) is 0. The number of likely N-dealkylation sites (N-methyl/N-ethyl adjacent to an activating group) is 1. The van der Waals surface area contributed by atoms with Gasteiger partial charge >= 0.3 is 29.5 Å². The van der Waals surface area contributed by atoms with Crippen LogP contribution in [-0.4, -0.2) is 140 Å². The first kappa shape index (κ1) is 39.8. The van der Waals surface area contributed by atoms with E-state index in [0.717, 1.165) is 43.0 Å². The minimum absolute atomic E-state index is 0.187. The highest BCUT2D eigenvalue weighted by atomic mass is 32.2. The van der Waals surface area contributed by atoms with Crippen LogP contribution in [0.15, 0.2) is 0 Å². The maximum atomic E-state index is 12.1. The van der Waals surface area contributed by atoms with Crippen LogP contribution in [0, 0.1) is 0 Å². The monoisotopic (exact) mass is 648 g/mol. The Balaban J connectivity index is 3.99. The summed E-state index contributed by atoms with van der Waals surface area (Å²) in [6.45, 7) is 4.99. The molecule has 0 saturated heterocycles. The van der Waals surface area contributed by atoms with E-state index >= 15 is 0 Å². The predicted molar refractivity (Wildman–Crippen MR) is 165 cm³/mol. The Morgan fingerprint density at radius 1 is 0.625 bits per heavy atom. The Labute approximate surface area is 252 Å².